The number of rotatable bonds is 0. The molecular weight excluding hydrogens is 184 g/mol. The van der Waals surface area contributed by atoms with E-state index in [-0.39, 0.29) is 12.4 Å². The third-order valence-electron chi connectivity index (χ3n) is 2.20. The molecule has 1 heterocycles. The molecule has 1 aliphatic heterocycles. The van der Waals surface area contributed by atoms with Gasteiger partial charge in [-0.25, -0.2) is 0 Å². The fraction of sp³-hybridized carbons (Fsp3) is 0.300. The molecule has 0 saturated heterocycles. The lowest BCUT2D eigenvalue weighted by molar-refractivity contribution is 0.829. The fourth-order valence-electron chi connectivity index (χ4n) is 1.60. The van der Waals surface area contributed by atoms with E-state index in [4.69, 9.17) is 5.26 Å². The second-order valence-corrected chi connectivity index (χ2v) is 2.98. The number of nitriles is 1. The number of benzene rings is 1. The van der Waals surface area contributed by atoms with Crippen molar-refractivity contribution in [3.63, 3.8) is 0 Å². The van der Waals surface area contributed by atoms with Crippen LogP contribution in [0.5, 0.6) is 0 Å². The smallest absolute Gasteiger partial charge is 0.101 e. The monoisotopic (exact) mass is 194 g/mol. The number of fused-ring (bicyclic) bond motifs is 1. The lowest BCUT2D eigenvalue weighted by atomic mass is 10.0. The average Bonchev–Trinajstić information content (AvgIpc) is 2.17. The third-order valence-corrected chi connectivity index (χ3v) is 2.20. The van der Waals surface area contributed by atoms with E-state index in [1.54, 1.807) is 0 Å². The maximum atomic E-state index is 8.80. The molecule has 0 fully saturated rings. The lowest BCUT2D eigenvalue weighted by Gasteiger charge is -2.18. The van der Waals surface area contributed by atoms with Crippen LogP contribution in [-0.4, -0.2) is 6.54 Å². The normalized spacial score (nSPS) is 13.2. The van der Waals surface area contributed by atoms with Crippen molar-refractivity contribution in [2.75, 3.05) is 11.9 Å². The molecule has 1 aromatic carbocycles. The lowest BCUT2D eigenvalue weighted by Crippen LogP contribution is -2.12. The standard InChI is InChI=1S/C10H10N2.ClH/c11-7-9-4-1-3-8-5-2-6-12-10(8)9;/h1,3-4,12H,2,5-6H2;1H. The van der Waals surface area contributed by atoms with Gasteiger partial charge in [-0.05, 0) is 24.5 Å². The van der Waals surface area contributed by atoms with Gasteiger partial charge in [-0.15, -0.1) is 12.4 Å². The van der Waals surface area contributed by atoms with E-state index < -0.39 is 0 Å². The molecule has 1 N–H and O–H groups in total. The predicted molar refractivity (Wildman–Crippen MR) is 55.2 cm³/mol. The maximum Gasteiger partial charge on any atom is 0.101 e. The fourth-order valence-corrected chi connectivity index (χ4v) is 1.60. The number of hydrogen-bond acceptors (Lipinski definition) is 2. The zero-order valence-corrected chi connectivity index (χ0v) is 8.03. The van der Waals surface area contributed by atoms with Crippen LogP contribution in [-0.2, 0) is 6.42 Å². The third kappa shape index (κ3) is 1.76. The minimum absolute atomic E-state index is 0. The Morgan fingerprint density at radius 2 is 2.23 bits per heavy atom. The van der Waals surface area contributed by atoms with Crippen molar-refractivity contribution in [1.82, 2.24) is 0 Å². The van der Waals surface area contributed by atoms with Crippen LogP contribution in [0.1, 0.15) is 17.5 Å². The van der Waals surface area contributed by atoms with Gasteiger partial charge >= 0.3 is 0 Å². The highest BCUT2D eigenvalue weighted by atomic mass is 35.5. The Labute approximate surface area is 84.0 Å². The van der Waals surface area contributed by atoms with Crippen LogP contribution < -0.4 is 5.32 Å². The maximum absolute atomic E-state index is 8.80. The largest absolute Gasteiger partial charge is 0.384 e. The van der Waals surface area contributed by atoms with Crippen LogP contribution >= 0.6 is 12.4 Å². The number of anilines is 1. The van der Waals surface area contributed by atoms with Gasteiger partial charge in [0.25, 0.3) is 0 Å². The molecule has 0 bridgehead atoms. The van der Waals surface area contributed by atoms with Gasteiger partial charge in [0.1, 0.15) is 6.07 Å². The molecule has 1 aromatic rings. The van der Waals surface area contributed by atoms with Gasteiger partial charge in [0.05, 0.1) is 11.3 Å². The quantitative estimate of drug-likeness (QED) is 0.688. The first kappa shape index (κ1) is 9.88. The van der Waals surface area contributed by atoms with Crippen LogP contribution in [0.2, 0.25) is 0 Å². The summed E-state index contributed by atoms with van der Waals surface area (Å²) >= 11 is 0. The first-order valence-electron chi connectivity index (χ1n) is 4.17. The number of aryl methyl sites for hydroxylation is 1. The van der Waals surface area contributed by atoms with E-state index in [0.717, 1.165) is 24.2 Å². The van der Waals surface area contributed by atoms with E-state index in [1.807, 2.05) is 12.1 Å². The molecule has 2 rings (SSSR count). The van der Waals surface area contributed by atoms with Gasteiger partial charge in [0, 0.05) is 6.54 Å². The van der Waals surface area contributed by atoms with Crippen molar-refractivity contribution in [3.05, 3.63) is 29.3 Å². The molecule has 0 spiro atoms. The SMILES string of the molecule is Cl.N#Cc1cccc2c1NCCC2. The Morgan fingerprint density at radius 1 is 1.38 bits per heavy atom. The second-order valence-electron chi connectivity index (χ2n) is 2.98. The predicted octanol–water partition coefficient (Wildman–Crippen LogP) is 2.34. The van der Waals surface area contributed by atoms with Crippen LogP contribution in [0.3, 0.4) is 0 Å². The Kier molecular flexibility index (Phi) is 3.16. The van der Waals surface area contributed by atoms with Gasteiger partial charge in [0.2, 0.25) is 0 Å². The average molecular weight is 195 g/mol. The van der Waals surface area contributed by atoms with E-state index >= 15 is 0 Å². The zero-order chi connectivity index (χ0) is 8.39. The molecular formula is C10H11ClN2. The van der Waals surface area contributed by atoms with E-state index in [1.165, 1.54) is 12.0 Å². The second kappa shape index (κ2) is 4.15. The molecule has 0 aromatic heterocycles. The van der Waals surface area contributed by atoms with Gasteiger partial charge in [-0.3, -0.25) is 0 Å². The highest BCUT2D eigenvalue weighted by Gasteiger charge is 2.10. The summed E-state index contributed by atoms with van der Waals surface area (Å²) in [5, 5.41) is 12.1. The van der Waals surface area contributed by atoms with Gasteiger partial charge < -0.3 is 5.32 Å². The molecule has 0 amide bonds. The summed E-state index contributed by atoms with van der Waals surface area (Å²) in [6.45, 7) is 0.992. The van der Waals surface area contributed by atoms with Crippen molar-refractivity contribution in [2.24, 2.45) is 0 Å². The summed E-state index contributed by atoms with van der Waals surface area (Å²) in [5.74, 6) is 0. The molecule has 13 heavy (non-hydrogen) atoms. The van der Waals surface area contributed by atoms with E-state index in [0.29, 0.717) is 0 Å². The molecule has 68 valence electrons. The molecule has 0 aliphatic carbocycles. The van der Waals surface area contributed by atoms with E-state index in [2.05, 4.69) is 17.5 Å². The number of hydrogen-bond donors (Lipinski definition) is 1. The molecule has 0 saturated carbocycles. The minimum atomic E-state index is 0. The summed E-state index contributed by atoms with van der Waals surface area (Å²) < 4.78 is 0. The first-order chi connectivity index (χ1) is 5.92. The van der Waals surface area contributed by atoms with Gasteiger partial charge in [-0.1, -0.05) is 12.1 Å². The van der Waals surface area contributed by atoms with Crippen molar-refractivity contribution in [1.29, 1.82) is 5.26 Å². The molecule has 0 atom stereocenters. The molecule has 0 radical (unpaired) electrons. The molecule has 0 unspecified atom stereocenters. The van der Waals surface area contributed by atoms with Crippen molar-refractivity contribution < 1.29 is 0 Å². The summed E-state index contributed by atoms with van der Waals surface area (Å²) in [4.78, 5) is 0. The van der Waals surface area contributed by atoms with Crippen LogP contribution in [0.15, 0.2) is 18.2 Å². The Hall–Kier alpha value is -1.20. The Balaban J connectivity index is 0.000000845. The molecule has 2 nitrogen and oxygen atoms in total. The van der Waals surface area contributed by atoms with Gasteiger partial charge in [0.15, 0.2) is 0 Å². The van der Waals surface area contributed by atoms with E-state index in [9.17, 15) is 0 Å². The molecule has 3 heteroatoms. The van der Waals surface area contributed by atoms with Crippen LogP contribution in [0.25, 0.3) is 0 Å². The highest BCUT2D eigenvalue weighted by Crippen LogP contribution is 2.24. The zero-order valence-electron chi connectivity index (χ0n) is 7.21. The summed E-state index contributed by atoms with van der Waals surface area (Å²) in [5.41, 5.74) is 3.10. The first-order valence-corrected chi connectivity index (χ1v) is 4.17. The minimum Gasteiger partial charge on any atom is -0.384 e. The van der Waals surface area contributed by atoms with Crippen LogP contribution in [0, 0.1) is 11.3 Å². The summed E-state index contributed by atoms with van der Waals surface area (Å²) in [7, 11) is 0. The number of halogens is 1. The summed E-state index contributed by atoms with van der Waals surface area (Å²) in [6.07, 6.45) is 2.26. The number of nitrogens with zero attached hydrogens (tertiary/aromatic N) is 1. The topological polar surface area (TPSA) is 35.8 Å². The van der Waals surface area contributed by atoms with Crippen molar-refractivity contribution >= 4 is 18.1 Å². The van der Waals surface area contributed by atoms with Gasteiger partial charge in [-0.2, -0.15) is 5.26 Å². The Morgan fingerprint density at radius 3 is 3.00 bits per heavy atom. The van der Waals surface area contributed by atoms with Crippen LogP contribution in [0.4, 0.5) is 5.69 Å². The van der Waals surface area contributed by atoms with Crippen molar-refractivity contribution in [3.8, 4) is 6.07 Å². The number of nitrogens with one attached hydrogen (secondary N) is 1. The number of para-hydroxylation sites is 1. The highest BCUT2D eigenvalue weighted by molar-refractivity contribution is 5.85. The molecule has 1 aliphatic rings. The van der Waals surface area contributed by atoms with Crippen molar-refractivity contribution in [2.45, 2.75) is 12.8 Å². The Bertz CT molecular complexity index is 341. The summed E-state index contributed by atoms with van der Waals surface area (Å²) in [6, 6.07) is 8.09.